The number of amides is 1. The number of halogens is 2. The van der Waals surface area contributed by atoms with Gasteiger partial charge in [-0.2, -0.15) is 4.39 Å². The molecule has 0 atom stereocenters. The summed E-state index contributed by atoms with van der Waals surface area (Å²) in [6.45, 7) is 2.40. The van der Waals surface area contributed by atoms with Crippen LogP contribution in [-0.2, 0) is 17.8 Å². The number of aromatic nitrogens is 4. The smallest absolute Gasteiger partial charge is 0.298 e. The Morgan fingerprint density at radius 1 is 1.05 bits per heavy atom. The van der Waals surface area contributed by atoms with Crippen LogP contribution in [0.5, 0.6) is 11.5 Å². The number of ether oxygens (including phenoxy) is 2. The highest BCUT2D eigenvalue weighted by Crippen LogP contribution is 2.36. The molecular weight excluding hydrogens is 534 g/mol. The molecule has 0 fully saturated rings. The van der Waals surface area contributed by atoms with Crippen LogP contribution >= 0.6 is 0 Å². The number of methoxy groups -OCH3 is 1. The molecular formula is C29H24F2N6O4. The first-order chi connectivity index (χ1) is 20.0. The van der Waals surface area contributed by atoms with E-state index in [4.69, 9.17) is 9.47 Å². The van der Waals surface area contributed by atoms with Crippen LogP contribution in [0.2, 0.25) is 0 Å². The Morgan fingerprint density at radius 3 is 2.59 bits per heavy atom. The van der Waals surface area contributed by atoms with Gasteiger partial charge in [0.05, 0.1) is 24.7 Å². The summed E-state index contributed by atoms with van der Waals surface area (Å²) in [5.74, 6) is -2.34. The van der Waals surface area contributed by atoms with Gasteiger partial charge >= 0.3 is 0 Å². The van der Waals surface area contributed by atoms with E-state index in [2.05, 4.69) is 25.6 Å². The fraction of sp³-hybridized carbons (Fsp3) is 0.138. The lowest BCUT2D eigenvalue weighted by Crippen LogP contribution is -2.24. The lowest BCUT2D eigenvalue weighted by atomic mass is 10.0. The Kier molecular flexibility index (Phi) is 7.81. The van der Waals surface area contributed by atoms with Gasteiger partial charge < -0.3 is 20.1 Å². The zero-order valence-corrected chi connectivity index (χ0v) is 22.0. The molecule has 3 heterocycles. The van der Waals surface area contributed by atoms with Crippen molar-refractivity contribution in [2.24, 2.45) is 0 Å². The highest BCUT2D eigenvalue weighted by molar-refractivity contribution is 5.97. The van der Waals surface area contributed by atoms with Crippen molar-refractivity contribution in [1.82, 2.24) is 24.7 Å². The second-order valence-electron chi connectivity index (χ2n) is 8.76. The molecule has 2 aromatic carbocycles. The summed E-state index contributed by atoms with van der Waals surface area (Å²) < 4.78 is 41.0. The van der Waals surface area contributed by atoms with Crippen LogP contribution < -0.4 is 20.1 Å². The monoisotopic (exact) mass is 558 g/mol. The van der Waals surface area contributed by atoms with Gasteiger partial charge in [0.1, 0.15) is 0 Å². The molecule has 0 aliphatic rings. The van der Waals surface area contributed by atoms with Crippen LogP contribution in [0.1, 0.15) is 28.4 Å². The number of hydrogen-bond acceptors (Lipinski definition) is 8. The number of benzene rings is 2. The third-order valence-electron chi connectivity index (χ3n) is 6.45. The van der Waals surface area contributed by atoms with Gasteiger partial charge in [0, 0.05) is 48.0 Å². The van der Waals surface area contributed by atoms with Crippen LogP contribution in [0, 0.1) is 11.6 Å². The van der Waals surface area contributed by atoms with Crippen LogP contribution in [-0.4, -0.2) is 38.8 Å². The van der Waals surface area contributed by atoms with Crippen LogP contribution in [0.4, 0.5) is 20.3 Å². The Balaban J connectivity index is 1.49. The highest BCUT2D eigenvalue weighted by atomic mass is 19.2. The topological polar surface area (TPSA) is 120 Å². The van der Waals surface area contributed by atoms with Gasteiger partial charge in [0.25, 0.3) is 12.4 Å². The zero-order valence-electron chi connectivity index (χ0n) is 22.0. The number of nitrogens with zero attached hydrogens (tertiary/aromatic N) is 4. The Bertz CT molecular complexity index is 1740. The molecule has 3 aromatic heterocycles. The van der Waals surface area contributed by atoms with E-state index in [0.29, 0.717) is 35.4 Å². The molecule has 208 valence electrons. The van der Waals surface area contributed by atoms with E-state index in [0.717, 1.165) is 5.56 Å². The third-order valence-corrected chi connectivity index (χ3v) is 6.45. The maximum absolute atomic E-state index is 14.9. The van der Waals surface area contributed by atoms with Crippen molar-refractivity contribution in [3.8, 4) is 22.8 Å². The fourth-order valence-electron chi connectivity index (χ4n) is 4.47. The average Bonchev–Trinajstić information content (AvgIpc) is 3.43. The van der Waals surface area contributed by atoms with E-state index in [1.54, 1.807) is 47.3 Å². The molecule has 5 rings (SSSR count). The lowest BCUT2D eigenvalue weighted by Gasteiger charge is -2.17. The number of fused-ring (bicyclic) bond motifs is 1. The predicted molar refractivity (Wildman–Crippen MR) is 146 cm³/mol. The molecule has 2 N–H and O–H groups in total. The number of carbonyl (C=O) groups excluding carboxylic acids is 2. The summed E-state index contributed by atoms with van der Waals surface area (Å²) in [5, 5.41) is 5.97. The van der Waals surface area contributed by atoms with Gasteiger partial charge in [-0.05, 0) is 48.4 Å². The van der Waals surface area contributed by atoms with Crippen molar-refractivity contribution in [3.63, 3.8) is 0 Å². The van der Waals surface area contributed by atoms with Crippen molar-refractivity contribution in [3.05, 3.63) is 95.7 Å². The number of hydrogen-bond donors (Lipinski definition) is 2. The first-order valence-electron chi connectivity index (χ1n) is 12.5. The SMILES string of the molecule is CCc1c(C(=O)NCc2ccncc2)ccc(Nc2nccn3c(-c4ccc(OC)c(F)c4F)cnc23)c1OC=O. The third kappa shape index (κ3) is 5.26. The van der Waals surface area contributed by atoms with E-state index in [9.17, 15) is 18.4 Å². The van der Waals surface area contributed by atoms with Crippen molar-refractivity contribution in [2.45, 2.75) is 19.9 Å². The molecule has 0 bridgehead atoms. The summed E-state index contributed by atoms with van der Waals surface area (Å²) in [7, 11) is 1.25. The first kappa shape index (κ1) is 27.2. The predicted octanol–water partition coefficient (Wildman–Crippen LogP) is 4.85. The second-order valence-corrected chi connectivity index (χ2v) is 8.76. The molecule has 0 saturated heterocycles. The zero-order chi connectivity index (χ0) is 28.9. The maximum atomic E-state index is 14.9. The number of imidazole rings is 1. The van der Waals surface area contributed by atoms with Gasteiger partial charge in [-0.3, -0.25) is 19.0 Å². The molecule has 0 radical (unpaired) electrons. The Morgan fingerprint density at radius 2 is 1.85 bits per heavy atom. The summed E-state index contributed by atoms with van der Waals surface area (Å²) in [6, 6.07) is 9.53. The van der Waals surface area contributed by atoms with Gasteiger partial charge in [0.15, 0.2) is 28.8 Å². The lowest BCUT2D eigenvalue weighted by molar-refractivity contribution is -0.120. The first-order valence-corrected chi connectivity index (χ1v) is 12.5. The van der Waals surface area contributed by atoms with E-state index >= 15 is 0 Å². The standard InChI is InChI=1S/C29H24F2N6O4/c1-3-18-19(29(39)35-14-17-8-10-32-11-9-17)4-6-21(26(18)41-16-38)36-27-28-34-15-22(37(28)13-12-33-27)20-5-7-23(40-2)25(31)24(20)30/h4-13,15-16H,3,14H2,1-2H3,(H,33,36)(H,35,39). The van der Waals surface area contributed by atoms with Gasteiger partial charge in [-0.25, -0.2) is 14.4 Å². The minimum Gasteiger partial charge on any atom is -0.494 e. The number of nitrogens with one attached hydrogen (secondary N) is 2. The van der Waals surface area contributed by atoms with E-state index in [1.807, 2.05) is 6.92 Å². The summed E-state index contributed by atoms with van der Waals surface area (Å²) in [6.07, 6.45) is 8.06. The van der Waals surface area contributed by atoms with Gasteiger partial charge in [0.2, 0.25) is 5.82 Å². The molecule has 0 spiro atoms. The van der Waals surface area contributed by atoms with Crippen LogP contribution in [0.25, 0.3) is 16.9 Å². The summed E-state index contributed by atoms with van der Waals surface area (Å²) in [4.78, 5) is 37.2. The number of anilines is 2. The normalized spacial score (nSPS) is 10.8. The minimum atomic E-state index is -1.11. The summed E-state index contributed by atoms with van der Waals surface area (Å²) in [5.41, 5.74) is 2.64. The highest BCUT2D eigenvalue weighted by Gasteiger charge is 2.22. The van der Waals surface area contributed by atoms with Gasteiger partial charge in [-0.15, -0.1) is 0 Å². The molecule has 1 amide bonds. The molecule has 41 heavy (non-hydrogen) atoms. The van der Waals surface area contributed by atoms with Crippen LogP contribution in [0.15, 0.2) is 67.4 Å². The molecule has 0 aliphatic carbocycles. The number of pyridine rings is 1. The van der Waals surface area contributed by atoms with Gasteiger partial charge in [-0.1, -0.05) is 6.92 Å². The number of rotatable bonds is 10. The van der Waals surface area contributed by atoms with E-state index in [-0.39, 0.29) is 41.0 Å². The maximum Gasteiger partial charge on any atom is 0.298 e. The molecule has 0 unspecified atom stereocenters. The molecule has 10 nitrogen and oxygen atoms in total. The Hall–Kier alpha value is -5.39. The van der Waals surface area contributed by atoms with Crippen molar-refractivity contribution in [1.29, 1.82) is 0 Å². The van der Waals surface area contributed by atoms with Crippen LogP contribution in [0.3, 0.4) is 0 Å². The average molecular weight is 559 g/mol. The fourth-order valence-corrected chi connectivity index (χ4v) is 4.47. The van der Waals surface area contributed by atoms with E-state index in [1.165, 1.54) is 31.6 Å². The second kappa shape index (κ2) is 11.8. The molecule has 0 saturated carbocycles. The molecule has 0 aliphatic heterocycles. The number of carbonyl (C=O) groups is 2. The minimum absolute atomic E-state index is 0.0201. The van der Waals surface area contributed by atoms with Crippen molar-refractivity contribution < 1.29 is 27.8 Å². The van der Waals surface area contributed by atoms with E-state index < -0.39 is 11.6 Å². The summed E-state index contributed by atoms with van der Waals surface area (Å²) >= 11 is 0. The molecule has 5 aromatic rings. The van der Waals surface area contributed by atoms with Crippen molar-refractivity contribution in [2.75, 3.05) is 12.4 Å². The quantitative estimate of drug-likeness (QED) is 0.234. The molecule has 12 heteroatoms. The largest absolute Gasteiger partial charge is 0.494 e. The van der Waals surface area contributed by atoms with Crippen molar-refractivity contribution >= 4 is 29.5 Å². The Labute approximate surface area is 233 Å².